The zero-order chi connectivity index (χ0) is 58.9. The van der Waals surface area contributed by atoms with Gasteiger partial charge in [-0.05, 0) is 116 Å². The van der Waals surface area contributed by atoms with Crippen molar-refractivity contribution in [2.75, 3.05) is 13.2 Å². The van der Waals surface area contributed by atoms with Crippen LogP contribution in [0.1, 0.15) is 278 Å². The molecule has 0 aromatic carbocycles. The van der Waals surface area contributed by atoms with E-state index in [1.807, 2.05) is 0 Å². The molecule has 0 aromatic heterocycles. The average Bonchev–Trinajstić information content (AvgIpc) is 3.52. The summed E-state index contributed by atoms with van der Waals surface area (Å²) in [6.07, 6.45) is 61.0. The monoisotopic (exact) mass is 1140 g/mol. The first-order chi connectivity index (χ1) is 39.6. The van der Waals surface area contributed by atoms with E-state index >= 15 is 0 Å². The molecule has 1 fully saturated rings. The van der Waals surface area contributed by atoms with Crippen molar-refractivity contribution in [3.05, 3.63) is 85.1 Å². The maximum absolute atomic E-state index is 13.2. The zero-order valence-corrected chi connectivity index (χ0v) is 51.3. The molecule has 0 aromatic rings. The lowest BCUT2D eigenvalue weighted by Crippen LogP contribution is -2.61. The van der Waals surface area contributed by atoms with Crippen molar-refractivity contribution in [1.82, 2.24) is 0 Å². The van der Waals surface area contributed by atoms with Crippen LogP contribution >= 0.6 is 0 Å². The van der Waals surface area contributed by atoms with Crippen LogP contribution in [0.15, 0.2) is 85.1 Å². The number of rotatable bonds is 55. The van der Waals surface area contributed by atoms with Crippen LogP contribution in [0.4, 0.5) is 0 Å². The third-order valence-electron chi connectivity index (χ3n) is 14.4. The summed E-state index contributed by atoms with van der Waals surface area (Å²) in [5, 5.41) is 31.6. The van der Waals surface area contributed by atoms with Gasteiger partial charge in [0.05, 0.1) is 6.61 Å². The minimum atomic E-state index is -1.91. The average molecular weight is 1140 g/mol. The molecule has 12 heteroatoms. The number of aliphatic hydroxyl groups is 2. The van der Waals surface area contributed by atoms with Crippen molar-refractivity contribution in [2.24, 2.45) is 0 Å². The van der Waals surface area contributed by atoms with Crippen molar-refractivity contribution in [3.63, 3.8) is 0 Å². The highest BCUT2D eigenvalue weighted by Crippen LogP contribution is 2.26. The molecule has 81 heavy (non-hydrogen) atoms. The van der Waals surface area contributed by atoms with Gasteiger partial charge in [-0.1, -0.05) is 228 Å². The van der Waals surface area contributed by atoms with Crippen LogP contribution in [0.25, 0.3) is 0 Å². The Kier molecular flexibility index (Phi) is 52.1. The van der Waals surface area contributed by atoms with Gasteiger partial charge < -0.3 is 39.0 Å². The molecule has 1 rings (SSSR count). The number of unbranched alkanes of at least 4 members (excludes halogenated alkanes) is 27. The Morgan fingerprint density at radius 2 is 0.778 bits per heavy atom. The topological polar surface area (TPSA) is 175 Å². The largest absolute Gasteiger partial charge is 0.479 e. The standard InChI is InChI=1S/C69H116O12/c1-4-7-10-13-16-19-22-25-28-30-31-33-35-37-40-43-46-49-52-55-61(70)77-58-60(79-62(71)56-53-50-47-44-41-39-36-32-29-26-23-20-17-14-11-8-5-2)59-78-69-67(65(74)64(73)66(81-69)68(75)76)80-63(72)57-54-51-48-45-42-38-34-27-24-21-18-15-12-9-6-3/h8,11,16-21,25-29,34,60,64-67,69,73-74H,4-7,9-10,12-15,22-24,30-33,35-59H2,1-3H3,(H,75,76)/b11-8-,19-16-,20-17-,21-18-,28-25-,29-26-,34-27-. The van der Waals surface area contributed by atoms with Crippen molar-refractivity contribution in [3.8, 4) is 0 Å². The van der Waals surface area contributed by atoms with Crippen molar-refractivity contribution in [2.45, 2.75) is 314 Å². The fraction of sp³-hybridized carbons (Fsp3) is 0.739. The van der Waals surface area contributed by atoms with E-state index in [4.69, 9.17) is 23.7 Å². The molecule has 6 atom stereocenters. The lowest BCUT2D eigenvalue weighted by Gasteiger charge is -2.40. The van der Waals surface area contributed by atoms with Gasteiger partial charge in [0.1, 0.15) is 18.8 Å². The predicted octanol–water partition coefficient (Wildman–Crippen LogP) is 17.5. The Labute approximate surface area is 492 Å². The third kappa shape index (κ3) is 46.0. The number of esters is 3. The molecule has 0 bridgehead atoms. The Bertz CT molecular complexity index is 1730. The first-order valence-electron chi connectivity index (χ1n) is 32.6. The van der Waals surface area contributed by atoms with Crippen molar-refractivity contribution in [1.29, 1.82) is 0 Å². The highest BCUT2D eigenvalue weighted by Gasteiger charge is 2.50. The first kappa shape index (κ1) is 74.9. The summed E-state index contributed by atoms with van der Waals surface area (Å²) < 4.78 is 28.5. The van der Waals surface area contributed by atoms with E-state index < -0.39 is 67.3 Å². The number of carboxylic acids is 1. The molecule has 12 nitrogen and oxygen atoms in total. The molecule has 0 spiro atoms. The van der Waals surface area contributed by atoms with Crippen LogP contribution in [-0.2, 0) is 42.9 Å². The van der Waals surface area contributed by atoms with Crippen LogP contribution in [-0.4, -0.2) is 89.2 Å². The van der Waals surface area contributed by atoms with Gasteiger partial charge in [-0.3, -0.25) is 14.4 Å². The number of hydrogen-bond donors (Lipinski definition) is 3. The highest BCUT2D eigenvalue weighted by atomic mass is 16.7. The van der Waals surface area contributed by atoms with Crippen LogP contribution < -0.4 is 0 Å². The summed E-state index contributed by atoms with van der Waals surface area (Å²) >= 11 is 0. The van der Waals surface area contributed by atoms with E-state index in [-0.39, 0.29) is 25.9 Å². The summed E-state index contributed by atoms with van der Waals surface area (Å²) in [6.45, 7) is 5.84. The third-order valence-corrected chi connectivity index (χ3v) is 14.4. The van der Waals surface area contributed by atoms with E-state index in [2.05, 4.69) is 106 Å². The van der Waals surface area contributed by atoms with Crippen LogP contribution in [0.2, 0.25) is 0 Å². The molecular formula is C69H116O12. The molecule has 3 N–H and O–H groups in total. The minimum absolute atomic E-state index is 0.0407. The second-order valence-corrected chi connectivity index (χ2v) is 22.0. The van der Waals surface area contributed by atoms with Gasteiger partial charge in [0, 0.05) is 19.3 Å². The lowest BCUT2D eigenvalue weighted by molar-refractivity contribution is -0.301. The smallest absolute Gasteiger partial charge is 0.335 e. The number of carboxylic acid groups (broad SMARTS) is 1. The van der Waals surface area contributed by atoms with Gasteiger partial charge in [-0.25, -0.2) is 4.79 Å². The fourth-order valence-electron chi connectivity index (χ4n) is 9.44. The molecule has 0 aliphatic carbocycles. The summed E-state index contributed by atoms with van der Waals surface area (Å²) in [5.41, 5.74) is 0. The molecule has 1 saturated heterocycles. The van der Waals surface area contributed by atoms with Gasteiger partial charge in [-0.2, -0.15) is 0 Å². The molecule has 0 saturated carbocycles. The van der Waals surface area contributed by atoms with Crippen molar-refractivity contribution >= 4 is 23.9 Å². The van der Waals surface area contributed by atoms with Crippen LogP contribution in [0.5, 0.6) is 0 Å². The van der Waals surface area contributed by atoms with Gasteiger partial charge in [0.25, 0.3) is 0 Å². The van der Waals surface area contributed by atoms with Crippen LogP contribution in [0, 0.1) is 0 Å². The normalized spacial score (nSPS) is 18.3. The molecule has 1 aliphatic rings. The Morgan fingerprint density at radius 1 is 0.420 bits per heavy atom. The van der Waals surface area contributed by atoms with Gasteiger partial charge >= 0.3 is 23.9 Å². The van der Waals surface area contributed by atoms with E-state index in [1.54, 1.807) is 0 Å². The molecule has 6 unspecified atom stereocenters. The zero-order valence-electron chi connectivity index (χ0n) is 51.3. The van der Waals surface area contributed by atoms with Crippen LogP contribution in [0.3, 0.4) is 0 Å². The van der Waals surface area contributed by atoms with Gasteiger partial charge in [0.15, 0.2) is 24.6 Å². The Morgan fingerprint density at radius 3 is 1.19 bits per heavy atom. The highest BCUT2D eigenvalue weighted by molar-refractivity contribution is 5.74. The molecule has 0 radical (unpaired) electrons. The number of aliphatic hydroxyl groups excluding tert-OH is 2. The van der Waals surface area contributed by atoms with E-state index in [1.165, 1.54) is 77.0 Å². The second kappa shape index (κ2) is 56.4. The molecule has 1 aliphatic heterocycles. The minimum Gasteiger partial charge on any atom is -0.479 e. The Balaban J connectivity index is 2.67. The summed E-state index contributed by atoms with van der Waals surface area (Å²) in [5.74, 6) is -3.15. The maximum atomic E-state index is 13.2. The maximum Gasteiger partial charge on any atom is 0.335 e. The number of aliphatic carboxylic acids is 1. The second-order valence-electron chi connectivity index (χ2n) is 22.0. The predicted molar refractivity (Wildman–Crippen MR) is 331 cm³/mol. The number of carbonyl (C=O) groups is 4. The number of allylic oxidation sites excluding steroid dienone is 14. The van der Waals surface area contributed by atoms with E-state index in [0.717, 1.165) is 141 Å². The number of hydrogen-bond acceptors (Lipinski definition) is 11. The molecule has 1 heterocycles. The lowest BCUT2D eigenvalue weighted by atomic mass is 9.98. The summed E-state index contributed by atoms with van der Waals surface area (Å²) in [6, 6.07) is 0. The van der Waals surface area contributed by atoms with Gasteiger partial charge in [-0.15, -0.1) is 0 Å². The quantitative estimate of drug-likeness (QED) is 0.0228. The summed E-state index contributed by atoms with van der Waals surface area (Å²) in [4.78, 5) is 51.3. The fourth-order valence-corrected chi connectivity index (χ4v) is 9.44. The summed E-state index contributed by atoms with van der Waals surface area (Å²) in [7, 11) is 0. The molecular weight excluding hydrogens is 1020 g/mol. The molecule has 0 amide bonds. The van der Waals surface area contributed by atoms with Crippen molar-refractivity contribution < 1.29 is 58.2 Å². The number of ether oxygens (including phenoxy) is 5. The van der Waals surface area contributed by atoms with Gasteiger partial charge in [0.2, 0.25) is 0 Å². The van der Waals surface area contributed by atoms with E-state index in [0.29, 0.717) is 19.3 Å². The number of carbonyl (C=O) groups excluding carboxylic acids is 3. The first-order valence-corrected chi connectivity index (χ1v) is 32.6. The molecule has 464 valence electrons. The SMILES string of the molecule is CC/C=C\C/C=C\C/C=C\CCCCCCCCCC(=O)OC(COC(=O)CCCCCCCCCCC/C=C\C/C=C\CCCCC)COC1OC(C(=O)O)C(O)C(O)C1OC(=O)CCCCCCC/C=C\C/C=C\CCCCC. The van der Waals surface area contributed by atoms with E-state index in [9.17, 15) is 34.5 Å². The Hall–Kier alpha value is -4.10.